The maximum Gasteiger partial charge on any atom is 0.308 e. The number of thiophene rings is 1. The first kappa shape index (κ1) is 25.9. The number of likely N-dealkylation sites (tertiary alicyclic amines) is 1. The first-order valence-electron chi connectivity index (χ1n) is 12.2. The van der Waals surface area contributed by atoms with Gasteiger partial charge in [0.2, 0.25) is 0 Å². The van der Waals surface area contributed by atoms with Gasteiger partial charge in [-0.3, -0.25) is 9.78 Å². The fraction of sp³-hybridized carbons (Fsp3) is 0.481. The van der Waals surface area contributed by atoms with Crippen LogP contribution in [0.5, 0.6) is 5.75 Å². The summed E-state index contributed by atoms with van der Waals surface area (Å²) in [5.41, 5.74) is 1.33. The number of nitrogens with zero attached hydrogens (tertiary/aromatic N) is 2. The Hall–Kier alpha value is -2.16. The number of carbonyl (C=O) groups is 1. The van der Waals surface area contributed by atoms with Gasteiger partial charge in [-0.2, -0.15) is 0 Å². The zero-order valence-corrected chi connectivity index (χ0v) is 21.9. The maximum atomic E-state index is 15.4. The van der Waals surface area contributed by atoms with Crippen LogP contribution in [0.2, 0.25) is 0 Å². The van der Waals surface area contributed by atoms with Gasteiger partial charge in [0.1, 0.15) is 11.9 Å². The van der Waals surface area contributed by atoms with Crippen molar-refractivity contribution in [2.45, 2.75) is 43.0 Å². The van der Waals surface area contributed by atoms with Gasteiger partial charge in [0.15, 0.2) is 0 Å². The van der Waals surface area contributed by atoms with Crippen molar-refractivity contribution in [2.75, 3.05) is 32.5 Å². The number of methoxy groups -OCH3 is 1. The number of aliphatic carboxylic acids is 1. The van der Waals surface area contributed by atoms with Crippen molar-refractivity contribution in [1.29, 1.82) is 0 Å². The molecule has 1 aliphatic rings. The van der Waals surface area contributed by atoms with Crippen molar-refractivity contribution in [3.05, 3.63) is 53.0 Å². The normalized spacial score (nSPS) is 19.6. The molecule has 1 saturated heterocycles. The molecule has 2 aromatic heterocycles. The molecule has 0 amide bonds. The molecule has 3 heterocycles. The van der Waals surface area contributed by atoms with E-state index >= 15 is 4.39 Å². The van der Waals surface area contributed by atoms with E-state index in [0.717, 1.165) is 42.6 Å². The Bertz CT molecular complexity index is 1140. The van der Waals surface area contributed by atoms with E-state index in [2.05, 4.69) is 28.9 Å². The molecule has 0 aliphatic carbocycles. The highest BCUT2D eigenvalue weighted by molar-refractivity contribution is 8.01. The van der Waals surface area contributed by atoms with Gasteiger partial charge >= 0.3 is 5.97 Å². The van der Waals surface area contributed by atoms with Crippen molar-refractivity contribution < 1.29 is 19.0 Å². The lowest BCUT2D eigenvalue weighted by Crippen LogP contribution is -2.44. The topological polar surface area (TPSA) is 62.7 Å². The van der Waals surface area contributed by atoms with E-state index < -0.39 is 18.1 Å². The first-order chi connectivity index (χ1) is 16.9. The zero-order chi connectivity index (χ0) is 24.8. The molecule has 0 bridgehead atoms. The summed E-state index contributed by atoms with van der Waals surface area (Å²) in [6.07, 6.45) is 3.16. The number of pyridine rings is 1. The van der Waals surface area contributed by atoms with Crippen molar-refractivity contribution in [3.8, 4) is 5.75 Å². The molecule has 35 heavy (non-hydrogen) atoms. The van der Waals surface area contributed by atoms with Gasteiger partial charge in [0, 0.05) is 28.8 Å². The molecule has 3 aromatic rings. The highest BCUT2D eigenvalue weighted by Gasteiger charge is 2.34. The minimum absolute atomic E-state index is 0.00638. The number of benzene rings is 1. The average molecular weight is 517 g/mol. The summed E-state index contributed by atoms with van der Waals surface area (Å²) in [7, 11) is 1.59. The van der Waals surface area contributed by atoms with Crippen molar-refractivity contribution >= 4 is 40.0 Å². The van der Waals surface area contributed by atoms with Gasteiger partial charge in [-0.15, -0.1) is 23.1 Å². The lowest BCUT2D eigenvalue weighted by molar-refractivity contribution is -0.146. The Morgan fingerprint density at radius 1 is 1.34 bits per heavy atom. The fourth-order valence-corrected chi connectivity index (χ4v) is 7.02. The van der Waals surface area contributed by atoms with Crippen LogP contribution in [0.1, 0.15) is 42.3 Å². The summed E-state index contributed by atoms with van der Waals surface area (Å²) in [6, 6.07) is 11.5. The fourth-order valence-electron chi connectivity index (χ4n) is 4.91. The van der Waals surface area contributed by atoms with Crippen molar-refractivity contribution in [3.63, 3.8) is 0 Å². The van der Waals surface area contributed by atoms with E-state index in [0.29, 0.717) is 30.7 Å². The van der Waals surface area contributed by atoms with E-state index in [1.54, 1.807) is 19.4 Å². The van der Waals surface area contributed by atoms with Crippen molar-refractivity contribution in [1.82, 2.24) is 9.88 Å². The average Bonchev–Trinajstić information content (AvgIpc) is 3.29. The Morgan fingerprint density at radius 3 is 2.94 bits per heavy atom. The molecule has 1 aromatic carbocycles. The number of fused-ring (bicyclic) bond motifs is 1. The number of piperidine rings is 1. The third-order valence-electron chi connectivity index (χ3n) is 6.85. The molecule has 1 unspecified atom stereocenters. The van der Waals surface area contributed by atoms with E-state index in [1.807, 2.05) is 41.3 Å². The second-order valence-corrected chi connectivity index (χ2v) is 11.9. The molecule has 188 valence electrons. The number of aromatic nitrogens is 1. The molecule has 1 N–H and O–H groups in total. The Labute approximate surface area is 214 Å². The third kappa shape index (κ3) is 6.74. The van der Waals surface area contributed by atoms with Gasteiger partial charge in [-0.05, 0) is 93.6 Å². The summed E-state index contributed by atoms with van der Waals surface area (Å²) in [6.45, 7) is 4.45. The number of hydrogen-bond donors (Lipinski definition) is 1. The number of alkyl halides is 1. The molecule has 3 atom stereocenters. The van der Waals surface area contributed by atoms with Crippen molar-refractivity contribution in [2.24, 2.45) is 11.8 Å². The molecule has 4 rings (SSSR count). The van der Waals surface area contributed by atoms with E-state index in [1.165, 1.54) is 9.09 Å². The Morgan fingerprint density at radius 2 is 2.20 bits per heavy atom. The van der Waals surface area contributed by atoms with E-state index in [9.17, 15) is 9.90 Å². The van der Waals surface area contributed by atoms with Crippen LogP contribution in [-0.2, 0) is 4.79 Å². The van der Waals surface area contributed by atoms with Crippen LogP contribution >= 0.6 is 23.1 Å². The molecule has 0 radical (unpaired) electrons. The second kappa shape index (κ2) is 12.2. The van der Waals surface area contributed by atoms with Crippen LogP contribution in [0.4, 0.5) is 4.39 Å². The monoisotopic (exact) mass is 516 g/mol. The maximum absolute atomic E-state index is 15.4. The summed E-state index contributed by atoms with van der Waals surface area (Å²) >= 11 is 3.69. The number of carboxylic acids is 1. The number of rotatable bonds is 11. The van der Waals surface area contributed by atoms with E-state index in [-0.39, 0.29) is 5.92 Å². The second-order valence-electron chi connectivity index (χ2n) is 9.19. The SMILES string of the molecule is COc1ccc2nccc(C(F)CC[C@@H]3CCN(CCCSc4ccc(C)s4)C[C@@H]3C(=O)O)c2c1. The first-order valence-corrected chi connectivity index (χ1v) is 14.0. The quantitative estimate of drug-likeness (QED) is 0.229. The minimum atomic E-state index is -1.17. The lowest BCUT2D eigenvalue weighted by Gasteiger charge is -2.36. The molecular weight excluding hydrogens is 483 g/mol. The largest absolute Gasteiger partial charge is 0.497 e. The summed E-state index contributed by atoms with van der Waals surface area (Å²) < 4.78 is 22.0. The van der Waals surface area contributed by atoms with Crippen LogP contribution in [0.25, 0.3) is 10.9 Å². The van der Waals surface area contributed by atoms with Gasteiger partial charge in [-0.25, -0.2) is 4.39 Å². The smallest absolute Gasteiger partial charge is 0.308 e. The highest BCUT2D eigenvalue weighted by atomic mass is 32.2. The van der Waals surface area contributed by atoms with Crippen LogP contribution < -0.4 is 4.74 Å². The standard InChI is InChI=1S/C27H33FN2O3S2/c1-18-4-9-26(35-18)34-15-3-13-30-14-11-19(23(17-30)27(31)32)5-7-24(28)21-10-12-29-25-8-6-20(33-2)16-22(21)25/h4,6,8-10,12,16,19,23-24H,3,5,7,11,13-15,17H2,1-2H3,(H,31,32)/t19-,23+,24?/m1/s1. The van der Waals surface area contributed by atoms with Crippen LogP contribution in [0, 0.1) is 18.8 Å². The van der Waals surface area contributed by atoms with Gasteiger partial charge < -0.3 is 14.7 Å². The molecular formula is C27H33FN2O3S2. The van der Waals surface area contributed by atoms with Crippen LogP contribution in [0.3, 0.4) is 0 Å². The molecule has 0 spiro atoms. The number of aryl methyl sites for hydroxylation is 1. The number of thioether (sulfide) groups is 1. The van der Waals surface area contributed by atoms with E-state index in [4.69, 9.17) is 4.74 Å². The molecule has 0 saturated carbocycles. The highest BCUT2D eigenvalue weighted by Crippen LogP contribution is 2.35. The number of carboxylic acid groups (broad SMARTS) is 1. The Kier molecular flexibility index (Phi) is 9.03. The predicted molar refractivity (Wildman–Crippen MR) is 141 cm³/mol. The number of halogens is 1. The molecule has 8 heteroatoms. The number of ether oxygens (including phenoxy) is 1. The number of hydrogen-bond acceptors (Lipinski definition) is 6. The summed E-state index contributed by atoms with van der Waals surface area (Å²) in [5.74, 6) is 0.482. The summed E-state index contributed by atoms with van der Waals surface area (Å²) in [5, 5.41) is 10.6. The lowest BCUT2D eigenvalue weighted by atomic mass is 9.81. The van der Waals surface area contributed by atoms with Gasteiger partial charge in [0.05, 0.1) is 22.8 Å². The Balaban J connectivity index is 1.30. The van der Waals surface area contributed by atoms with Crippen LogP contribution in [-0.4, -0.2) is 53.5 Å². The van der Waals surface area contributed by atoms with Gasteiger partial charge in [-0.1, -0.05) is 0 Å². The molecule has 1 aliphatic heterocycles. The molecule has 1 fully saturated rings. The zero-order valence-electron chi connectivity index (χ0n) is 20.3. The molecule has 5 nitrogen and oxygen atoms in total. The minimum Gasteiger partial charge on any atom is -0.497 e. The van der Waals surface area contributed by atoms with Gasteiger partial charge in [0.25, 0.3) is 0 Å². The third-order valence-corrected chi connectivity index (χ3v) is 9.16. The predicted octanol–water partition coefficient (Wildman–Crippen LogP) is 6.61. The van der Waals surface area contributed by atoms with Crippen LogP contribution in [0.15, 0.2) is 46.8 Å². The summed E-state index contributed by atoms with van der Waals surface area (Å²) in [4.78, 5) is 20.0.